The molecule has 1 aliphatic rings. The Morgan fingerprint density at radius 2 is 1.87 bits per heavy atom. The zero-order chi connectivity index (χ0) is 22.7. The van der Waals surface area contributed by atoms with E-state index in [4.69, 9.17) is 9.47 Å². The van der Waals surface area contributed by atoms with Crippen LogP contribution in [0.4, 0.5) is 0 Å². The van der Waals surface area contributed by atoms with Gasteiger partial charge in [0.15, 0.2) is 0 Å². The maximum Gasteiger partial charge on any atom is 0.295 e. The van der Waals surface area contributed by atoms with Crippen molar-refractivity contribution < 1.29 is 24.2 Å². The first-order chi connectivity index (χ1) is 14.8. The average molecular weight is 424 g/mol. The average Bonchev–Trinajstić information content (AvgIpc) is 2.98. The summed E-state index contributed by atoms with van der Waals surface area (Å²) in [5.41, 5.74) is 1.98. The predicted octanol–water partition coefficient (Wildman–Crippen LogP) is 4.62. The van der Waals surface area contributed by atoms with Gasteiger partial charge in [0.25, 0.3) is 11.7 Å². The van der Waals surface area contributed by atoms with Crippen LogP contribution in [0.5, 0.6) is 11.5 Å². The summed E-state index contributed by atoms with van der Waals surface area (Å²) in [5.74, 6) is -0.263. The third-order valence-corrected chi connectivity index (χ3v) is 5.27. The van der Waals surface area contributed by atoms with Crippen LogP contribution in [0, 0.1) is 6.92 Å². The Balaban J connectivity index is 2.24. The summed E-state index contributed by atoms with van der Waals surface area (Å²) in [5, 5.41) is 11.2. The molecule has 2 aromatic carbocycles. The highest BCUT2D eigenvalue weighted by molar-refractivity contribution is 6.46. The molecule has 1 atom stereocenters. The molecule has 0 aromatic heterocycles. The topological polar surface area (TPSA) is 76.1 Å². The fourth-order valence-electron chi connectivity index (χ4n) is 3.92. The zero-order valence-corrected chi connectivity index (χ0v) is 18.6. The van der Waals surface area contributed by atoms with Crippen LogP contribution in [-0.2, 0) is 9.59 Å². The van der Waals surface area contributed by atoms with Gasteiger partial charge >= 0.3 is 0 Å². The molecule has 0 spiro atoms. The number of aliphatic hydroxyl groups is 1. The Morgan fingerprint density at radius 3 is 2.48 bits per heavy atom. The molecule has 0 radical (unpaired) electrons. The SMILES string of the molecule is CCCN1C(=O)C(=O)/C(=C(\O)c2ccc(OC)cc2C)C1c1ccccc1OC(C)C. The Morgan fingerprint density at radius 1 is 1.16 bits per heavy atom. The Hall–Kier alpha value is -3.28. The van der Waals surface area contributed by atoms with E-state index in [0.29, 0.717) is 35.6 Å². The highest BCUT2D eigenvalue weighted by atomic mass is 16.5. The lowest BCUT2D eigenvalue weighted by atomic mass is 9.93. The molecule has 6 nitrogen and oxygen atoms in total. The normalized spacial score (nSPS) is 18.0. The smallest absolute Gasteiger partial charge is 0.295 e. The molecule has 1 heterocycles. The second kappa shape index (κ2) is 9.25. The van der Waals surface area contributed by atoms with Gasteiger partial charge in [0, 0.05) is 17.7 Å². The summed E-state index contributed by atoms with van der Waals surface area (Å²) in [6, 6.07) is 11.8. The predicted molar refractivity (Wildman–Crippen MR) is 119 cm³/mol. The Labute approximate surface area is 183 Å². The molecule has 2 aromatic rings. The van der Waals surface area contributed by atoms with Gasteiger partial charge in [-0.25, -0.2) is 0 Å². The number of methoxy groups -OCH3 is 1. The van der Waals surface area contributed by atoms with E-state index in [1.54, 1.807) is 25.3 Å². The molecule has 1 N–H and O–H groups in total. The van der Waals surface area contributed by atoms with Crippen LogP contribution in [0.3, 0.4) is 0 Å². The summed E-state index contributed by atoms with van der Waals surface area (Å²) in [7, 11) is 1.57. The first-order valence-electron chi connectivity index (χ1n) is 10.5. The number of hydrogen-bond donors (Lipinski definition) is 1. The number of likely N-dealkylation sites (tertiary alicyclic amines) is 1. The number of amides is 1. The zero-order valence-electron chi connectivity index (χ0n) is 18.6. The maximum absolute atomic E-state index is 13.1. The van der Waals surface area contributed by atoms with Crippen LogP contribution in [0.2, 0.25) is 0 Å². The summed E-state index contributed by atoms with van der Waals surface area (Å²) in [4.78, 5) is 27.5. The minimum Gasteiger partial charge on any atom is -0.507 e. The van der Waals surface area contributed by atoms with Crippen LogP contribution >= 0.6 is 0 Å². The van der Waals surface area contributed by atoms with Crippen LogP contribution < -0.4 is 9.47 Å². The third kappa shape index (κ3) is 4.29. The number of Topliss-reactive ketones (excluding diaryl/α,β-unsaturated/α-hetero) is 1. The van der Waals surface area contributed by atoms with E-state index in [2.05, 4.69) is 0 Å². The van der Waals surface area contributed by atoms with Crippen molar-refractivity contribution in [3.8, 4) is 11.5 Å². The molecule has 3 rings (SSSR count). The van der Waals surface area contributed by atoms with Crippen molar-refractivity contribution in [2.24, 2.45) is 0 Å². The van der Waals surface area contributed by atoms with Crippen LogP contribution in [0.25, 0.3) is 5.76 Å². The molecule has 1 amide bonds. The number of hydrogen-bond acceptors (Lipinski definition) is 5. The largest absolute Gasteiger partial charge is 0.507 e. The molecule has 1 saturated heterocycles. The van der Waals surface area contributed by atoms with Crippen molar-refractivity contribution in [3.63, 3.8) is 0 Å². The second-order valence-electron chi connectivity index (χ2n) is 7.88. The highest BCUT2D eigenvalue weighted by Crippen LogP contribution is 2.43. The number of aryl methyl sites for hydroxylation is 1. The summed E-state index contributed by atoms with van der Waals surface area (Å²) in [6.07, 6.45) is 0.594. The molecular weight excluding hydrogens is 394 g/mol. The number of nitrogens with zero attached hydrogens (tertiary/aromatic N) is 1. The molecule has 164 valence electrons. The van der Waals surface area contributed by atoms with Gasteiger partial charge in [-0.2, -0.15) is 0 Å². The van der Waals surface area contributed by atoms with E-state index in [1.807, 2.05) is 52.0 Å². The molecule has 0 aliphatic carbocycles. The first-order valence-corrected chi connectivity index (χ1v) is 10.5. The van der Waals surface area contributed by atoms with Crippen molar-refractivity contribution in [2.45, 2.75) is 46.3 Å². The summed E-state index contributed by atoms with van der Waals surface area (Å²) < 4.78 is 11.2. The highest BCUT2D eigenvalue weighted by Gasteiger charge is 2.46. The van der Waals surface area contributed by atoms with Gasteiger partial charge in [0.1, 0.15) is 17.3 Å². The van der Waals surface area contributed by atoms with E-state index in [-0.39, 0.29) is 17.4 Å². The van der Waals surface area contributed by atoms with Crippen molar-refractivity contribution in [2.75, 3.05) is 13.7 Å². The Kier molecular flexibility index (Phi) is 6.68. The van der Waals surface area contributed by atoms with Crippen LogP contribution in [-0.4, -0.2) is 41.5 Å². The molecule has 31 heavy (non-hydrogen) atoms. The van der Waals surface area contributed by atoms with Crippen molar-refractivity contribution >= 4 is 17.4 Å². The standard InChI is InChI=1S/C25H29NO5/c1-6-13-26-22(19-9-7-8-10-20(19)31-15(2)3)21(24(28)25(26)29)23(27)18-12-11-17(30-5)14-16(18)4/h7-12,14-15,22,27H,6,13H2,1-5H3/b23-21-. The summed E-state index contributed by atoms with van der Waals surface area (Å²) >= 11 is 0. The van der Waals surface area contributed by atoms with E-state index >= 15 is 0 Å². The number of carbonyl (C=O) groups excluding carboxylic acids is 2. The van der Waals surface area contributed by atoms with Gasteiger partial charge < -0.3 is 19.5 Å². The van der Waals surface area contributed by atoms with Crippen LogP contribution in [0.15, 0.2) is 48.0 Å². The van der Waals surface area contributed by atoms with E-state index < -0.39 is 17.7 Å². The number of rotatable bonds is 7. The van der Waals surface area contributed by atoms with Gasteiger partial charge in [0.2, 0.25) is 0 Å². The lowest BCUT2D eigenvalue weighted by molar-refractivity contribution is -0.139. The number of aliphatic hydroxyl groups excluding tert-OH is 1. The number of para-hydroxylation sites is 1. The molecule has 6 heteroatoms. The molecule has 1 aliphatic heterocycles. The lowest BCUT2D eigenvalue weighted by Gasteiger charge is -2.27. The fraction of sp³-hybridized carbons (Fsp3) is 0.360. The van der Waals surface area contributed by atoms with Gasteiger partial charge in [0.05, 0.1) is 24.8 Å². The third-order valence-electron chi connectivity index (χ3n) is 5.27. The number of benzene rings is 2. The van der Waals surface area contributed by atoms with Gasteiger partial charge in [-0.15, -0.1) is 0 Å². The fourth-order valence-corrected chi connectivity index (χ4v) is 3.92. The molecule has 0 bridgehead atoms. The quantitative estimate of drug-likeness (QED) is 0.399. The van der Waals surface area contributed by atoms with Crippen molar-refractivity contribution in [1.29, 1.82) is 0 Å². The van der Waals surface area contributed by atoms with Gasteiger partial charge in [-0.05, 0) is 57.0 Å². The summed E-state index contributed by atoms with van der Waals surface area (Å²) in [6.45, 7) is 8.00. The lowest BCUT2D eigenvalue weighted by Crippen LogP contribution is -2.30. The molecule has 0 saturated carbocycles. The number of carbonyl (C=O) groups is 2. The van der Waals surface area contributed by atoms with Crippen LogP contribution in [0.1, 0.15) is 49.9 Å². The number of ether oxygens (including phenoxy) is 2. The maximum atomic E-state index is 13.1. The van der Waals surface area contributed by atoms with Crippen molar-refractivity contribution in [3.05, 3.63) is 64.7 Å². The van der Waals surface area contributed by atoms with Gasteiger partial charge in [-0.3, -0.25) is 9.59 Å². The van der Waals surface area contributed by atoms with Gasteiger partial charge in [-0.1, -0.05) is 25.1 Å². The number of ketones is 1. The molecular formula is C25H29NO5. The van der Waals surface area contributed by atoms with E-state index in [9.17, 15) is 14.7 Å². The molecule has 1 fully saturated rings. The minimum absolute atomic E-state index is 0.0755. The minimum atomic E-state index is -0.726. The van der Waals surface area contributed by atoms with Crippen molar-refractivity contribution in [1.82, 2.24) is 4.90 Å². The Bertz CT molecular complexity index is 1020. The molecule has 1 unspecified atom stereocenters. The van der Waals surface area contributed by atoms with E-state index in [1.165, 1.54) is 4.90 Å². The van der Waals surface area contributed by atoms with E-state index in [0.717, 1.165) is 5.56 Å². The first kappa shape index (κ1) is 22.4. The monoisotopic (exact) mass is 423 g/mol. The second-order valence-corrected chi connectivity index (χ2v) is 7.88.